The SMILES string of the molecule is COc1cccc(CC[C@@H]2CCCCN2C(=O)Cc2c(C)[nH]c3c(C)cc(C)cc23)c1. The van der Waals surface area contributed by atoms with Crippen molar-refractivity contribution in [1.82, 2.24) is 9.88 Å². The highest BCUT2D eigenvalue weighted by atomic mass is 16.5. The Morgan fingerprint density at radius 3 is 2.81 bits per heavy atom. The summed E-state index contributed by atoms with van der Waals surface area (Å²) in [6.45, 7) is 7.23. The van der Waals surface area contributed by atoms with E-state index in [0.717, 1.165) is 49.2 Å². The zero-order valence-corrected chi connectivity index (χ0v) is 19.3. The zero-order chi connectivity index (χ0) is 22.0. The maximum atomic E-state index is 13.4. The van der Waals surface area contributed by atoms with E-state index < -0.39 is 0 Å². The second kappa shape index (κ2) is 9.17. The number of likely N-dealkylation sites (tertiary alicyclic amines) is 1. The normalized spacial score (nSPS) is 16.6. The van der Waals surface area contributed by atoms with E-state index in [1.165, 1.54) is 34.0 Å². The highest BCUT2D eigenvalue weighted by Crippen LogP contribution is 2.29. The number of amides is 1. The maximum absolute atomic E-state index is 13.4. The molecule has 31 heavy (non-hydrogen) atoms. The molecule has 0 aliphatic carbocycles. The van der Waals surface area contributed by atoms with Gasteiger partial charge in [-0.2, -0.15) is 0 Å². The van der Waals surface area contributed by atoms with Gasteiger partial charge < -0.3 is 14.6 Å². The van der Waals surface area contributed by atoms with Gasteiger partial charge in [-0.3, -0.25) is 4.79 Å². The molecule has 2 heterocycles. The van der Waals surface area contributed by atoms with Crippen LogP contribution in [0.3, 0.4) is 0 Å². The zero-order valence-electron chi connectivity index (χ0n) is 19.3. The van der Waals surface area contributed by atoms with Crippen molar-refractivity contribution in [3.8, 4) is 5.75 Å². The number of hydrogen-bond acceptors (Lipinski definition) is 2. The second-order valence-corrected chi connectivity index (χ2v) is 9.04. The number of carbonyl (C=O) groups is 1. The number of aromatic nitrogens is 1. The first-order valence-electron chi connectivity index (χ1n) is 11.5. The molecular formula is C27H34N2O2. The molecule has 4 heteroatoms. The van der Waals surface area contributed by atoms with Gasteiger partial charge in [0.05, 0.1) is 13.5 Å². The minimum atomic E-state index is 0.263. The summed E-state index contributed by atoms with van der Waals surface area (Å²) in [5.41, 5.74) is 7.19. The topological polar surface area (TPSA) is 45.3 Å². The lowest BCUT2D eigenvalue weighted by Crippen LogP contribution is -2.44. The number of ether oxygens (including phenoxy) is 1. The van der Waals surface area contributed by atoms with Gasteiger partial charge in [0.2, 0.25) is 5.91 Å². The van der Waals surface area contributed by atoms with Crippen LogP contribution >= 0.6 is 0 Å². The van der Waals surface area contributed by atoms with Gasteiger partial charge in [-0.25, -0.2) is 0 Å². The van der Waals surface area contributed by atoms with E-state index in [2.05, 4.69) is 54.9 Å². The van der Waals surface area contributed by atoms with Crippen molar-refractivity contribution < 1.29 is 9.53 Å². The maximum Gasteiger partial charge on any atom is 0.227 e. The van der Waals surface area contributed by atoms with Crippen molar-refractivity contribution in [3.05, 3.63) is 64.3 Å². The number of fused-ring (bicyclic) bond motifs is 1. The molecular weight excluding hydrogens is 384 g/mol. The van der Waals surface area contributed by atoms with E-state index in [9.17, 15) is 4.79 Å². The molecule has 0 radical (unpaired) electrons. The average molecular weight is 419 g/mol. The van der Waals surface area contributed by atoms with Gasteiger partial charge in [0.15, 0.2) is 0 Å². The number of carbonyl (C=O) groups excluding carboxylic acids is 1. The Kier molecular flexibility index (Phi) is 6.35. The van der Waals surface area contributed by atoms with Crippen LogP contribution in [0, 0.1) is 20.8 Å². The molecule has 0 bridgehead atoms. The number of hydrogen-bond donors (Lipinski definition) is 1. The fourth-order valence-electron chi connectivity index (χ4n) is 5.11. The highest BCUT2D eigenvalue weighted by Gasteiger charge is 2.27. The van der Waals surface area contributed by atoms with Gasteiger partial charge in [-0.1, -0.05) is 23.8 Å². The molecule has 0 spiro atoms. The molecule has 1 atom stereocenters. The summed E-state index contributed by atoms with van der Waals surface area (Å²) in [5.74, 6) is 1.16. The largest absolute Gasteiger partial charge is 0.497 e. The van der Waals surface area contributed by atoms with Gasteiger partial charge in [0, 0.05) is 29.2 Å². The van der Waals surface area contributed by atoms with Crippen LogP contribution in [0.5, 0.6) is 5.75 Å². The first-order chi connectivity index (χ1) is 15.0. The Labute approximate surface area is 185 Å². The van der Waals surface area contributed by atoms with Crippen LogP contribution in [-0.2, 0) is 17.6 Å². The molecule has 1 aliphatic rings. The predicted octanol–water partition coefficient (Wildman–Crippen LogP) is 5.66. The van der Waals surface area contributed by atoms with Crippen molar-refractivity contribution in [2.24, 2.45) is 0 Å². The molecule has 4 nitrogen and oxygen atoms in total. The third-order valence-electron chi connectivity index (χ3n) is 6.75. The number of H-pyrrole nitrogens is 1. The summed E-state index contributed by atoms with van der Waals surface area (Å²) >= 11 is 0. The molecule has 1 amide bonds. The third-order valence-corrected chi connectivity index (χ3v) is 6.75. The van der Waals surface area contributed by atoms with Crippen molar-refractivity contribution in [2.75, 3.05) is 13.7 Å². The van der Waals surface area contributed by atoms with Gasteiger partial charge in [0.25, 0.3) is 0 Å². The van der Waals surface area contributed by atoms with Crippen LogP contribution in [0.4, 0.5) is 0 Å². The van der Waals surface area contributed by atoms with Gasteiger partial charge in [-0.05, 0) is 87.8 Å². The summed E-state index contributed by atoms with van der Waals surface area (Å²) in [6, 6.07) is 13.0. The third kappa shape index (κ3) is 4.63. The molecule has 3 aromatic rings. The smallest absolute Gasteiger partial charge is 0.227 e. The summed E-state index contributed by atoms with van der Waals surface area (Å²) < 4.78 is 5.36. The van der Waals surface area contributed by atoms with E-state index in [1.807, 2.05) is 12.1 Å². The molecule has 0 unspecified atom stereocenters. The molecule has 4 rings (SSSR count). The first-order valence-corrected chi connectivity index (χ1v) is 11.5. The van der Waals surface area contributed by atoms with E-state index in [-0.39, 0.29) is 5.91 Å². The van der Waals surface area contributed by atoms with Crippen molar-refractivity contribution >= 4 is 16.8 Å². The van der Waals surface area contributed by atoms with Crippen LogP contribution < -0.4 is 4.74 Å². The molecule has 2 aromatic carbocycles. The molecule has 1 N–H and O–H groups in total. The molecule has 0 saturated carbocycles. The lowest BCUT2D eigenvalue weighted by molar-refractivity contribution is -0.134. The van der Waals surface area contributed by atoms with E-state index in [4.69, 9.17) is 4.74 Å². The molecule has 164 valence electrons. The first kappa shape index (κ1) is 21.5. The second-order valence-electron chi connectivity index (χ2n) is 9.04. The summed E-state index contributed by atoms with van der Waals surface area (Å²) in [4.78, 5) is 19.1. The highest BCUT2D eigenvalue weighted by molar-refractivity contribution is 5.92. The van der Waals surface area contributed by atoms with E-state index in [1.54, 1.807) is 7.11 Å². The quantitative estimate of drug-likeness (QED) is 0.561. The van der Waals surface area contributed by atoms with Crippen LogP contribution in [0.2, 0.25) is 0 Å². The Balaban J connectivity index is 1.50. The van der Waals surface area contributed by atoms with Crippen LogP contribution in [0.25, 0.3) is 10.9 Å². The van der Waals surface area contributed by atoms with E-state index >= 15 is 0 Å². The monoisotopic (exact) mass is 418 g/mol. The van der Waals surface area contributed by atoms with Crippen molar-refractivity contribution in [2.45, 2.75) is 65.3 Å². The van der Waals surface area contributed by atoms with Crippen LogP contribution in [0.15, 0.2) is 36.4 Å². The van der Waals surface area contributed by atoms with Gasteiger partial charge >= 0.3 is 0 Å². The average Bonchev–Trinajstić information content (AvgIpc) is 3.08. The standard InChI is InChI=1S/C27H34N2O2/c1-18-14-19(2)27-25(15-18)24(20(3)28-27)17-26(30)29-13-6-5-9-22(29)12-11-21-8-7-10-23(16-21)31-4/h7-8,10,14-16,22,28H,5-6,9,11-13,17H2,1-4H3/t22-/m0/s1. The Bertz CT molecular complexity index is 1080. The van der Waals surface area contributed by atoms with Crippen molar-refractivity contribution in [3.63, 3.8) is 0 Å². The number of methoxy groups -OCH3 is 1. The number of rotatable bonds is 6. The minimum absolute atomic E-state index is 0.263. The number of piperidine rings is 1. The number of aryl methyl sites for hydroxylation is 4. The Morgan fingerprint density at radius 1 is 1.16 bits per heavy atom. The van der Waals surface area contributed by atoms with Crippen LogP contribution in [0.1, 0.15) is 53.6 Å². The van der Waals surface area contributed by atoms with E-state index in [0.29, 0.717) is 12.5 Å². The molecule has 1 aromatic heterocycles. The summed E-state index contributed by atoms with van der Waals surface area (Å²) in [5, 5.41) is 1.20. The lowest BCUT2D eigenvalue weighted by atomic mass is 9.94. The summed E-state index contributed by atoms with van der Waals surface area (Å²) in [7, 11) is 1.70. The molecule has 1 saturated heterocycles. The molecule has 1 fully saturated rings. The van der Waals surface area contributed by atoms with Crippen molar-refractivity contribution in [1.29, 1.82) is 0 Å². The summed E-state index contributed by atoms with van der Waals surface area (Å²) in [6.07, 6.45) is 5.86. The van der Waals surface area contributed by atoms with Gasteiger partial charge in [-0.15, -0.1) is 0 Å². The fraction of sp³-hybridized carbons (Fsp3) is 0.444. The minimum Gasteiger partial charge on any atom is -0.497 e. The number of nitrogens with one attached hydrogen (secondary N) is 1. The number of aromatic amines is 1. The molecule has 1 aliphatic heterocycles. The van der Waals surface area contributed by atoms with Gasteiger partial charge in [0.1, 0.15) is 5.75 Å². The van der Waals surface area contributed by atoms with Crippen LogP contribution in [-0.4, -0.2) is 35.5 Å². The number of benzene rings is 2. The Morgan fingerprint density at radius 2 is 2.00 bits per heavy atom. The predicted molar refractivity (Wildman–Crippen MR) is 127 cm³/mol. The Hall–Kier alpha value is -2.75. The fourth-order valence-corrected chi connectivity index (χ4v) is 5.11. The lowest BCUT2D eigenvalue weighted by Gasteiger charge is -2.36. The number of nitrogens with zero attached hydrogens (tertiary/aromatic N) is 1.